The van der Waals surface area contributed by atoms with Gasteiger partial charge in [-0.1, -0.05) is 12.1 Å². The zero-order chi connectivity index (χ0) is 10.6. The minimum atomic E-state index is -0.211. The molecular formula is C11H16FNO. The third-order valence-corrected chi connectivity index (χ3v) is 2.31. The fourth-order valence-corrected chi connectivity index (χ4v) is 1.35. The Bertz CT molecular complexity index is 297. The maximum Gasteiger partial charge on any atom is 0.126 e. The second kappa shape index (κ2) is 5.08. The summed E-state index contributed by atoms with van der Waals surface area (Å²) in [5.74, 6) is -0.260. The zero-order valence-corrected chi connectivity index (χ0v) is 8.33. The minimum Gasteiger partial charge on any atom is -0.396 e. The van der Waals surface area contributed by atoms with Crippen molar-refractivity contribution in [1.29, 1.82) is 0 Å². The van der Waals surface area contributed by atoms with E-state index < -0.39 is 0 Å². The molecule has 2 nitrogen and oxygen atoms in total. The Balaban J connectivity index is 2.76. The molecule has 0 aliphatic carbocycles. The highest BCUT2D eigenvalue weighted by molar-refractivity contribution is 5.23. The Kier molecular flexibility index (Phi) is 4.04. The molecule has 3 heteroatoms. The summed E-state index contributed by atoms with van der Waals surface area (Å²) in [7, 11) is 0. The number of halogens is 1. The summed E-state index contributed by atoms with van der Waals surface area (Å²) in [6, 6.07) is 5.12. The molecule has 78 valence electrons. The summed E-state index contributed by atoms with van der Waals surface area (Å²) < 4.78 is 13.4. The molecule has 0 amide bonds. The summed E-state index contributed by atoms with van der Waals surface area (Å²) in [4.78, 5) is 0. The topological polar surface area (TPSA) is 46.2 Å². The van der Waals surface area contributed by atoms with Gasteiger partial charge in [-0.3, -0.25) is 0 Å². The lowest BCUT2D eigenvalue weighted by atomic mass is 9.99. The van der Waals surface area contributed by atoms with Crippen molar-refractivity contribution in [2.45, 2.75) is 13.3 Å². The number of aliphatic hydroxyl groups excluding tert-OH is 1. The van der Waals surface area contributed by atoms with Crippen LogP contribution in [0.4, 0.5) is 4.39 Å². The molecule has 1 unspecified atom stereocenters. The first-order chi connectivity index (χ1) is 6.67. The van der Waals surface area contributed by atoms with Crippen molar-refractivity contribution >= 4 is 0 Å². The van der Waals surface area contributed by atoms with Gasteiger partial charge in [0.05, 0.1) is 0 Å². The van der Waals surface area contributed by atoms with Crippen molar-refractivity contribution in [3.63, 3.8) is 0 Å². The first-order valence-electron chi connectivity index (χ1n) is 4.73. The summed E-state index contributed by atoms with van der Waals surface area (Å²) in [5.41, 5.74) is 6.96. The number of aliphatic hydroxyl groups is 1. The quantitative estimate of drug-likeness (QED) is 0.763. The van der Waals surface area contributed by atoms with Crippen molar-refractivity contribution in [2.75, 3.05) is 13.2 Å². The predicted molar refractivity (Wildman–Crippen MR) is 54.5 cm³/mol. The Morgan fingerprint density at radius 3 is 2.71 bits per heavy atom. The normalized spacial score (nSPS) is 12.9. The van der Waals surface area contributed by atoms with Gasteiger partial charge < -0.3 is 10.8 Å². The highest BCUT2D eigenvalue weighted by Crippen LogP contribution is 2.13. The van der Waals surface area contributed by atoms with Crippen LogP contribution < -0.4 is 5.73 Å². The lowest BCUT2D eigenvalue weighted by molar-refractivity contribution is 0.229. The van der Waals surface area contributed by atoms with Crippen LogP contribution in [0.2, 0.25) is 0 Å². The maximum absolute atomic E-state index is 13.4. The second-order valence-corrected chi connectivity index (χ2v) is 3.58. The molecule has 1 aromatic carbocycles. The Hall–Kier alpha value is -0.930. The van der Waals surface area contributed by atoms with Crippen molar-refractivity contribution in [2.24, 2.45) is 11.7 Å². The molecule has 14 heavy (non-hydrogen) atoms. The average molecular weight is 197 g/mol. The highest BCUT2D eigenvalue weighted by Gasteiger charge is 2.09. The first kappa shape index (κ1) is 11.1. The molecule has 0 spiro atoms. The molecule has 0 aliphatic heterocycles. The smallest absolute Gasteiger partial charge is 0.126 e. The highest BCUT2D eigenvalue weighted by atomic mass is 19.1. The van der Waals surface area contributed by atoms with E-state index in [-0.39, 0.29) is 18.3 Å². The Morgan fingerprint density at radius 1 is 1.50 bits per heavy atom. The van der Waals surface area contributed by atoms with E-state index in [0.29, 0.717) is 18.5 Å². The molecule has 0 aromatic heterocycles. The van der Waals surface area contributed by atoms with Crippen LogP contribution in [-0.2, 0) is 6.42 Å². The third-order valence-electron chi connectivity index (χ3n) is 2.31. The van der Waals surface area contributed by atoms with E-state index in [4.69, 9.17) is 10.8 Å². The number of aryl methyl sites for hydroxylation is 1. The van der Waals surface area contributed by atoms with E-state index in [1.165, 1.54) is 6.07 Å². The van der Waals surface area contributed by atoms with Gasteiger partial charge in [0.1, 0.15) is 5.82 Å². The van der Waals surface area contributed by atoms with Gasteiger partial charge in [-0.2, -0.15) is 0 Å². The van der Waals surface area contributed by atoms with Crippen LogP contribution in [0, 0.1) is 18.7 Å². The fraction of sp³-hybridized carbons (Fsp3) is 0.455. The van der Waals surface area contributed by atoms with E-state index in [1.54, 1.807) is 6.07 Å². The lowest BCUT2D eigenvalue weighted by Gasteiger charge is -2.12. The standard InChI is InChI=1S/C11H16FNO/c1-8-2-3-10(11(12)4-8)5-9(6-13)7-14/h2-4,9,14H,5-7,13H2,1H3. The van der Waals surface area contributed by atoms with E-state index in [9.17, 15) is 4.39 Å². The summed E-state index contributed by atoms with van der Waals surface area (Å²) in [6.45, 7) is 2.23. The van der Waals surface area contributed by atoms with E-state index in [2.05, 4.69) is 0 Å². The summed E-state index contributed by atoms with van der Waals surface area (Å²) >= 11 is 0. The van der Waals surface area contributed by atoms with E-state index in [0.717, 1.165) is 5.56 Å². The molecule has 3 N–H and O–H groups in total. The third kappa shape index (κ3) is 2.79. The van der Waals surface area contributed by atoms with Gasteiger partial charge in [0.2, 0.25) is 0 Å². The number of benzene rings is 1. The molecule has 0 heterocycles. The predicted octanol–water partition coefficient (Wildman–Crippen LogP) is 1.24. The van der Waals surface area contributed by atoms with Crippen molar-refractivity contribution in [3.8, 4) is 0 Å². The van der Waals surface area contributed by atoms with E-state index in [1.807, 2.05) is 13.0 Å². The van der Waals surface area contributed by atoms with Gasteiger partial charge in [-0.15, -0.1) is 0 Å². The van der Waals surface area contributed by atoms with Crippen LogP contribution in [0.3, 0.4) is 0 Å². The van der Waals surface area contributed by atoms with Crippen LogP contribution >= 0.6 is 0 Å². The number of hydrogen-bond donors (Lipinski definition) is 2. The van der Waals surface area contributed by atoms with Gasteiger partial charge in [0.25, 0.3) is 0 Å². The average Bonchev–Trinajstić information content (AvgIpc) is 2.17. The SMILES string of the molecule is Cc1ccc(CC(CN)CO)c(F)c1. The van der Waals surface area contributed by atoms with Crippen LogP contribution in [0.5, 0.6) is 0 Å². The van der Waals surface area contributed by atoms with Gasteiger partial charge in [0.15, 0.2) is 0 Å². The first-order valence-corrected chi connectivity index (χ1v) is 4.73. The van der Waals surface area contributed by atoms with E-state index >= 15 is 0 Å². The van der Waals surface area contributed by atoms with Gasteiger partial charge >= 0.3 is 0 Å². The molecule has 0 saturated heterocycles. The summed E-state index contributed by atoms with van der Waals surface area (Å²) in [5, 5.41) is 8.93. The molecule has 1 aromatic rings. The number of nitrogens with two attached hydrogens (primary N) is 1. The van der Waals surface area contributed by atoms with Crippen LogP contribution in [-0.4, -0.2) is 18.3 Å². The summed E-state index contributed by atoms with van der Waals surface area (Å²) in [6.07, 6.45) is 0.499. The Morgan fingerprint density at radius 2 is 2.21 bits per heavy atom. The van der Waals surface area contributed by atoms with Crippen LogP contribution in [0.1, 0.15) is 11.1 Å². The minimum absolute atomic E-state index is 0.00379. The molecule has 1 atom stereocenters. The molecule has 0 saturated carbocycles. The lowest BCUT2D eigenvalue weighted by Crippen LogP contribution is -2.20. The van der Waals surface area contributed by atoms with Gasteiger partial charge in [-0.05, 0) is 43.0 Å². The molecule has 1 rings (SSSR count). The monoisotopic (exact) mass is 197 g/mol. The van der Waals surface area contributed by atoms with Crippen molar-refractivity contribution in [1.82, 2.24) is 0 Å². The molecule has 0 radical (unpaired) electrons. The largest absolute Gasteiger partial charge is 0.396 e. The molecule has 0 aliphatic rings. The molecular weight excluding hydrogens is 181 g/mol. The van der Waals surface area contributed by atoms with Gasteiger partial charge in [0, 0.05) is 6.61 Å². The number of hydrogen-bond acceptors (Lipinski definition) is 2. The van der Waals surface area contributed by atoms with Crippen molar-refractivity contribution in [3.05, 3.63) is 35.1 Å². The number of rotatable bonds is 4. The molecule has 0 bridgehead atoms. The van der Waals surface area contributed by atoms with Crippen LogP contribution in [0.15, 0.2) is 18.2 Å². The van der Waals surface area contributed by atoms with Crippen molar-refractivity contribution < 1.29 is 9.50 Å². The molecule has 0 fully saturated rings. The second-order valence-electron chi connectivity index (χ2n) is 3.58. The zero-order valence-electron chi connectivity index (χ0n) is 8.33. The van der Waals surface area contributed by atoms with Gasteiger partial charge in [-0.25, -0.2) is 4.39 Å². The Labute approximate surface area is 83.6 Å². The van der Waals surface area contributed by atoms with Crippen LogP contribution in [0.25, 0.3) is 0 Å². The maximum atomic E-state index is 13.4. The fourth-order valence-electron chi connectivity index (χ4n) is 1.35.